The number of aromatic nitrogens is 2. The van der Waals surface area contributed by atoms with Gasteiger partial charge in [0.25, 0.3) is 10.0 Å². The monoisotopic (exact) mass is 315 g/mol. The van der Waals surface area contributed by atoms with Crippen molar-refractivity contribution in [3.05, 3.63) is 11.3 Å². The summed E-state index contributed by atoms with van der Waals surface area (Å²) in [6, 6.07) is 0. The predicted octanol–water partition coefficient (Wildman–Crippen LogP) is 0.989. The largest absolute Gasteiger partial charge is 0.478 e. The second-order valence-corrected chi connectivity index (χ2v) is 5.73. The van der Waals surface area contributed by atoms with Gasteiger partial charge in [-0.15, -0.1) is 0 Å². The van der Waals surface area contributed by atoms with Gasteiger partial charge in [-0.2, -0.15) is 22.6 Å². The van der Waals surface area contributed by atoms with E-state index < -0.39 is 45.8 Å². The first-order chi connectivity index (χ1) is 9.00. The van der Waals surface area contributed by atoms with Gasteiger partial charge in [0.1, 0.15) is 12.1 Å². The van der Waals surface area contributed by atoms with E-state index in [-0.39, 0.29) is 10.00 Å². The van der Waals surface area contributed by atoms with E-state index in [1.807, 2.05) is 0 Å². The third-order valence-corrected chi connectivity index (χ3v) is 4.27. The molecule has 114 valence electrons. The van der Waals surface area contributed by atoms with Gasteiger partial charge in [0, 0.05) is 12.2 Å². The van der Waals surface area contributed by atoms with E-state index in [0.29, 0.717) is 0 Å². The minimum absolute atomic E-state index is 0.0564. The molecule has 0 unspecified atom stereocenters. The number of sulfonamides is 1. The number of carbonyl (C=O) groups is 1. The quantitative estimate of drug-likeness (QED) is 0.843. The standard InChI is InChI=1S/C9H12F3N3O4S/c1-3-15(4-9(10,11)12)20(18,19)7-6(8(16)17)5(2)13-14-7/h3-4H2,1-2H3,(H,13,14)(H,16,17). The highest BCUT2D eigenvalue weighted by atomic mass is 32.2. The van der Waals surface area contributed by atoms with E-state index in [2.05, 4.69) is 10.2 Å². The molecule has 0 saturated carbocycles. The van der Waals surface area contributed by atoms with Gasteiger partial charge < -0.3 is 5.11 Å². The molecule has 0 aliphatic carbocycles. The molecule has 0 amide bonds. The molecule has 0 bridgehead atoms. The van der Waals surface area contributed by atoms with Crippen molar-refractivity contribution in [2.45, 2.75) is 25.0 Å². The van der Waals surface area contributed by atoms with E-state index in [0.717, 1.165) is 0 Å². The van der Waals surface area contributed by atoms with Crippen molar-refractivity contribution in [2.24, 2.45) is 0 Å². The molecule has 11 heteroatoms. The van der Waals surface area contributed by atoms with Crippen LogP contribution in [0, 0.1) is 6.92 Å². The molecule has 0 radical (unpaired) electrons. The van der Waals surface area contributed by atoms with Gasteiger partial charge in [0.2, 0.25) is 5.03 Å². The Hall–Kier alpha value is -1.62. The number of carboxylic acids is 1. The lowest BCUT2D eigenvalue weighted by Crippen LogP contribution is -2.39. The number of aromatic amines is 1. The van der Waals surface area contributed by atoms with Gasteiger partial charge >= 0.3 is 12.1 Å². The van der Waals surface area contributed by atoms with Crippen LogP contribution in [0.3, 0.4) is 0 Å². The van der Waals surface area contributed by atoms with Gasteiger partial charge in [-0.05, 0) is 6.92 Å². The van der Waals surface area contributed by atoms with Crippen molar-refractivity contribution in [1.29, 1.82) is 0 Å². The molecule has 2 N–H and O–H groups in total. The summed E-state index contributed by atoms with van der Waals surface area (Å²) in [6.45, 7) is 0.294. The minimum atomic E-state index is -4.74. The molecule has 1 rings (SSSR count). The van der Waals surface area contributed by atoms with Gasteiger partial charge in [0.05, 0.1) is 0 Å². The SMILES string of the molecule is CCN(CC(F)(F)F)S(=O)(=O)c1n[nH]c(C)c1C(=O)O. The summed E-state index contributed by atoms with van der Waals surface area (Å²) in [5.74, 6) is -1.59. The molecule has 0 fully saturated rings. The van der Waals surface area contributed by atoms with Crippen LogP contribution in [0.25, 0.3) is 0 Å². The highest BCUT2D eigenvalue weighted by molar-refractivity contribution is 7.89. The summed E-state index contributed by atoms with van der Waals surface area (Å²) in [7, 11) is -4.65. The Bertz CT molecular complexity index is 608. The zero-order chi connectivity index (χ0) is 15.7. The van der Waals surface area contributed by atoms with Crippen molar-refractivity contribution in [3.63, 3.8) is 0 Å². The Kier molecular flexibility index (Phi) is 4.44. The molecule has 7 nitrogen and oxygen atoms in total. The van der Waals surface area contributed by atoms with Crippen molar-refractivity contribution in [3.8, 4) is 0 Å². The van der Waals surface area contributed by atoms with Crippen LogP contribution in [-0.2, 0) is 10.0 Å². The Balaban J connectivity index is 3.32. The van der Waals surface area contributed by atoms with Gasteiger partial charge in [-0.3, -0.25) is 5.10 Å². The number of carboxylic acid groups (broad SMARTS) is 1. The fourth-order valence-electron chi connectivity index (χ4n) is 1.53. The molecule has 0 aromatic carbocycles. The normalized spacial score (nSPS) is 12.9. The molecule has 0 atom stereocenters. The third kappa shape index (κ3) is 3.28. The summed E-state index contributed by atoms with van der Waals surface area (Å²) in [5.41, 5.74) is -0.718. The molecule has 1 aromatic heterocycles. The second-order valence-electron chi connectivity index (χ2n) is 3.88. The Morgan fingerprint density at radius 3 is 2.40 bits per heavy atom. The number of rotatable bonds is 5. The maximum atomic E-state index is 12.4. The molecule has 0 aliphatic heterocycles. The van der Waals surface area contributed by atoms with Crippen LogP contribution < -0.4 is 0 Å². The van der Waals surface area contributed by atoms with E-state index in [4.69, 9.17) is 5.11 Å². The number of hydrogen-bond acceptors (Lipinski definition) is 4. The van der Waals surface area contributed by atoms with Crippen LogP contribution in [0.2, 0.25) is 0 Å². The summed E-state index contributed by atoms with van der Waals surface area (Å²) in [4.78, 5) is 11.0. The fraction of sp³-hybridized carbons (Fsp3) is 0.556. The number of alkyl halides is 3. The van der Waals surface area contributed by atoms with Crippen molar-refractivity contribution < 1.29 is 31.5 Å². The molecule has 20 heavy (non-hydrogen) atoms. The average Bonchev–Trinajstić information content (AvgIpc) is 2.67. The van der Waals surface area contributed by atoms with E-state index in [9.17, 15) is 26.4 Å². The lowest BCUT2D eigenvalue weighted by Gasteiger charge is -2.20. The maximum Gasteiger partial charge on any atom is 0.402 e. The number of hydrogen-bond donors (Lipinski definition) is 2. The van der Waals surface area contributed by atoms with Crippen molar-refractivity contribution >= 4 is 16.0 Å². The first-order valence-corrected chi connectivity index (χ1v) is 6.80. The summed E-state index contributed by atoms with van der Waals surface area (Å²) in [5, 5.41) is 13.5. The lowest BCUT2D eigenvalue weighted by atomic mass is 10.3. The number of aromatic carboxylic acids is 1. The maximum absolute atomic E-state index is 12.4. The fourth-order valence-corrected chi connectivity index (χ4v) is 3.09. The van der Waals surface area contributed by atoms with Crippen molar-refractivity contribution in [1.82, 2.24) is 14.5 Å². The molecule has 0 aliphatic rings. The van der Waals surface area contributed by atoms with E-state index in [1.165, 1.54) is 13.8 Å². The van der Waals surface area contributed by atoms with E-state index in [1.54, 1.807) is 0 Å². The van der Waals surface area contributed by atoms with Crippen LogP contribution in [-0.4, -0.2) is 53.3 Å². The first kappa shape index (κ1) is 16.4. The van der Waals surface area contributed by atoms with Gasteiger partial charge in [-0.1, -0.05) is 6.92 Å². The molecular formula is C9H12F3N3O4S. The van der Waals surface area contributed by atoms with Crippen LogP contribution in [0.1, 0.15) is 23.0 Å². The molecular weight excluding hydrogens is 303 g/mol. The average molecular weight is 315 g/mol. The highest BCUT2D eigenvalue weighted by Crippen LogP contribution is 2.24. The zero-order valence-electron chi connectivity index (χ0n) is 10.5. The number of H-pyrrole nitrogens is 1. The number of halogens is 3. The Morgan fingerprint density at radius 1 is 1.45 bits per heavy atom. The van der Waals surface area contributed by atoms with Crippen molar-refractivity contribution in [2.75, 3.05) is 13.1 Å². The second kappa shape index (κ2) is 5.40. The van der Waals surface area contributed by atoms with Crippen LogP contribution in [0.4, 0.5) is 13.2 Å². The summed E-state index contributed by atoms with van der Waals surface area (Å²) < 4.78 is 61.3. The third-order valence-electron chi connectivity index (χ3n) is 2.42. The first-order valence-electron chi connectivity index (χ1n) is 5.36. The van der Waals surface area contributed by atoms with Crippen LogP contribution >= 0.6 is 0 Å². The van der Waals surface area contributed by atoms with Crippen LogP contribution in [0.15, 0.2) is 5.03 Å². The van der Waals surface area contributed by atoms with E-state index >= 15 is 0 Å². The smallest absolute Gasteiger partial charge is 0.402 e. The predicted molar refractivity (Wildman–Crippen MR) is 60.8 cm³/mol. The summed E-state index contributed by atoms with van der Waals surface area (Å²) in [6.07, 6.45) is -4.74. The zero-order valence-corrected chi connectivity index (χ0v) is 11.3. The topological polar surface area (TPSA) is 103 Å². The highest BCUT2D eigenvalue weighted by Gasteiger charge is 2.39. The molecule has 1 heterocycles. The summed E-state index contributed by atoms with van der Waals surface area (Å²) >= 11 is 0. The number of nitrogens with one attached hydrogen (secondary N) is 1. The molecule has 1 aromatic rings. The Morgan fingerprint density at radius 2 is 2.00 bits per heavy atom. The van der Waals surface area contributed by atoms with Gasteiger partial charge in [0.15, 0.2) is 0 Å². The lowest BCUT2D eigenvalue weighted by molar-refractivity contribution is -0.135. The van der Waals surface area contributed by atoms with Crippen LogP contribution in [0.5, 0.6) is 0 Å². The van der Waals surface area contributed by atoms with Gasteiger partial charge in [-0.25, -0.2) is 13.2 Å². The Labute approximate surface area is 112 Å². The number of aryl methyl sites for hydroxylation is 1. The number of nitrogens with zero attached hydrogens (tertiary/aromatic N) is 2. The molecule has 0 saturated heterocycles. The minimum Gasteiger partial charge on any atom is -0.478 e. The molecule has 0 spiro atoms.